The molecule has 4 heteroatoms. The summed E-state index contributed by atoms with van der Waals surface area (Å²) in [5.74, 6) is 0. The molecule has 3 nitrogen and oxygen atoms in total. The largest absolute Gasteiger partial charge is 0.394 e. The van der Waals surface area contributed by atoms with E-state index in [0.29, 0.717) is 0 Å². The van der Waals surface area contributed by atoms with Crippen molar-refractivity contribution < 1.29 is 14.6 Å². The van der Waals surface area contributed by atoms with Gasteiger partial charge in [0.15, 0.2) is 6.29 Å². The van der Waals surface area contributed by atoms with Gasteiger partial charge in [-0.25, -0.2) is 0 Å². The quantitative estimate of drug-likeness (QED) is 0.637. The number of hydrogen-bond acceptors (Lipinski definition) is 3. The van der Waals surface area contributed by atoms with Crippen LogP contribution in [0.15, 0.2) is 0 Å². The number of hydrogen-bond donors (Lipinski definition) is 1. The molecule has 11 heavy (non-hydrogen) atoms. The molecule has 0 aromatic rings. The van der Waals surface area contributed by atoms with Crippen molar-refractivity contribution in [2.75, 3.05) is 13.7 Å². The van der Waals surface area contributed by atoms with E-state index in [4.69, 9.17) is 26.2 Å². The van der Waals surface area contributed by atoms with Gasteiger partial charge in [-0.3, -0.25) is 0 Å². The van der Waals surface area contributed by atoms with Crippen LogP contribution < -0.4 is 0 Å². The van der Waals surface area contributed by atoms with Gasteiger partial charge in [0, 0.05) is 7.11 Å². The Balaban J connectivity index is 2.37. The maximum atomic E-state index is 8.81. The first kappa shape index (κ1) is 9.26. The zero-order valence-electron chi connectivity index (χ0n) is 6.50. The van der Waals surface area contributed by atoms with Crippen LogP contribution in [0, 0.1) is 0 Å². The molecule has 1 aliphatic heterocycles. The summed E-state index contributed by atoms with van der Waals surface area (Å²) >= 11 is 5.86. The average Bonchev–Trinajstić information content (AvgIpc) is 2.05. The van der Waals surface area contributed by atoms with Gasteiger partial charge in [0.05, 0.1) is 18.1 Å². The number of alkyl halides is 1. The summed E-state index contributed by atoms with van der Waals surface area (Å²) in [6.45, 7) is -0.0337. The van der Waals surface area contributed by atoms with Gasteiger partial charge in [0.25, 0.3) is 0 Å². The Hall–Kier alpha value is 0.170. The molecule has 0 radical (unpaired) electrons. The van der Waals surface area contributed by atoms with Crippen molar-refractivity contribution in [1.29, 1.82) is 0 Å². The lowest BCUT2D eigenvalue weighted by atomic mass is 10.1. The molecule has 3 atom stereocenters. The van der Waals surface area contributed by atoms with Gasteiger partial charge in [-0.05, 0) is 12.8 Å². The van der Waals surface area contributed by atoms with Crippen molar-refractivity contribution in [1.82, 2.24) is 0 Å². The Kier molecular flexibility index (Phi) is 3.59. The Morgan fingerprint density at radius 1 is 1.64 bits per heavy atom. The molecule has 0 aromatic heterocycles. The van der Waals surface area contributed by atoms with E-state index >= 15 is 0 Å². The van der Waals surface area contributed by atoms with Crippen LogP contribution in [-0.2, 0) is 9.47 Å². The number of aliphatic hydroxyl groups is 1. The molecule has 1 heterocycles. The van der Waals surface area contributed by atoms with E-state index in [-0.39, 0.29) is 24.4 Å². The minimum Gasteiger partial charge on any atom is -0.394 e. The molecule has 0 saturated carbocycles. The van der Waals surface area contributed by atoms with Gasteiger partial charge in [0.2, 0.25) is 0 Å². The molecule has 1 N–H and O–H groups in total. The summed E-state index contributed by atoms with van der Waals surface area (Å²) in [7, 11) is 1.59. The highest BCUT2D eigenvalue weighted by Gasteiger charge is 2.28. The number of halogens is 1. The monoisotopic (exact) mass is 180 g/mol. The fraction of sp³-hybridized carbons (Fsp3) is 1.00. The van der Waals surface area contributed by atoms with E-state index in [0.717, 1.165) is 12.8 Å². The minimum absolute atomic E-state index is 0.0337. The lowest BCUT2D eigenvalue weighted by Gasteiger charge is -2.31. The standard InChI is InChI=1S/C7H13ClO3/c1-10-7-3-2-5(8)6(4-9)11-7/h5-7,9H,2-4H2,1H3/t5-,6-,7-/m1/s1. The summed E-state index contributed by atoms with van der Waals surface area (Å²) in [5.41, 5.74) is 0. The van der Waals surface area contributed by atoms with E-state index in [9.17, 15) is 0 Å². The highest BCUT2D eigenvalue weighted by Crippen LogP contribution is 2.23. The van der Waals surface area contributed by atoms with E-state index in [1.54, 1.807) is 7.11 Å². The van der Waals surface area contributed by atoms with E-state index < -0.39 is 0 Å². The fourth-order valence-electron chi connectivity index (χ4n) is 1.16. The lowest BCUT2D eigenvalue weighted by molar-refractivity contribution is -0.186. The predicted octanol–water partition coefficient (Wildman–Crippen LogP) is 0.738. The van der Waals surface area contributed by atoms with Crippen LogP contribution in [0.3, 0.4) is 0 Å². The second kappa shape index (κ2) is 4.26. The van der Waals surface area contributed by atoms with Gasteiger partial charge in [-0.1, -0.05) is 0 Å². The highest BCUT2D eigenvalue weighted by molar-refractivity contribution is 6.21. The molecule has 0 amide bonds. The second-order valence-electron chi connectivity index (χ2n) is 2.62. The molecule has 1 rings (SSSR count). The Morgan fingerprint density at radius 2 is 2.36 bits per heavy atom. The van der Waals surface area contributed by atoms with Crippen LogP contribution in [0.2, 0.25) is 0 Å². The molecule has 66 valence electrons. The normalized spacial score (nSPS) is 39.0. The number of methoxy groups -OCH3 is 1. The van der Waals surface area contributed by atoms with Crippen LogP contribution >= 0.6 is 11.6 Å². The van der Waals surface area contributed by atoms with E-state index in [1.807, 2.05) is 0 Å². The molecule has 1 aliphatic rings. The summed E-state index contributed by atoms with van der Waals surface area (Å²) in [4.78, 5) is 0. The second-order valence-corrected chi connectivity index (χ2v) is 3.18. The highest BCUT2D eigenvalue weighted by atomic mass is 35.5. The lowest BCUT2D eigenvalue weighted by Crippen LogP contribution is -2.39. The predicted molar refractivity (Wildman–Crippen MR) is 41.6 cm³/mol. The molecule has 1 fully saturated rings. The van der Waals surface area contributed by atoms with Crippen LogP contribution in [0.4, 0.5) is 0 Å². The van der Waals surface area contributed by atoms with Crippen molar-refractivity contribution in [3.63, 3.8) is 0 Å². The van der Waals surface area contributed by atoms with Gasteiger partial charge < -0.3 is 14.6 Å². The van der Waals surface area contributed by atoms with E-state index in [1.165, 1.54) is 0 Å². The summed E-state index contributed by atoms with van der Waals surface area (Å²) in [6.07, 6.45) is 1.18. The molecule has 0 aromatic carbocycles. The molecule has 0 bridgehead atoms. The maximum Gasteiger partial charge on any atom is 0.157 e. The van der Waals surface area contributed by atoms with E-state index in [2.05, 4.69) is 0 Å². The first-order valence-corrected chi connectivity index (χ1v) is 4.14. The van der Waals surface area contributed by atoms with Gasteiger partial charge in [-0.2, -0.15) is 0 Å². The fourth-order valence-corrected chi connectivity index (χ4v) is 1.43. The topological polar surface area (TPSA) is 38.7 Å². The number of aliphatic hydroxyl groups excluding tert-OH is 1. The first-order chi connectivity index (χ1) is 5.27. The zero-order chi connectivity index (χ0) is 8.27. The van der Waals surface area contributed by atoms with Crippen molar-refractivity contribution >= 4 is 11.6 Å². The van der Waals surface area contributed by atoms with Crippen LogP contribution in [0.5, 0.6) is 0 Å². The SMILES string of the molecule is CO[C@H]1CC[C@@H](Cl)[C@@H](CO)O1. The first-order valence-electron chi connectivity index (χ1n) is 3.71. The average molecular weight is 181 g/mol. The Bertz CT molecular complexity index is 120. The zero-order valence-corrected chi connectivity index (χ0v) is 7.25. The summed E-state index contributed by atoms with van der Waals surface area (Å²) in [5, 5.41) is 8.73. The van der Waals surface area contributed by atoms with Gasteiger partial charge >= 0.3 is 0 Å². The summed E-state index contributed by atoms with van der Waals surface area (Å²) < 4.78 is 10.3. The third-order valence-electron chi connectivity index (χ3n) is 1.85. The molecule has 0 aliphatic carbocycles. The number of ether oxygens (including phenoxy) is 2. The van der Waals surface area contributed by atoms with Crippen LogP contribution in [-0.4, -0.2) is 36.6 Å². The van der Waals surface area contributed by atoms with Crippen molar-refractivity contribution in [2.24, 2.45) is 0 Å². The van der Waals surface area contributed by atoms with Gasteiger partial charge in [0.1, 0.15) is 0 Å². The van der Waals surface area contributed by atoms with Gasteiger partial charge in [-0.15, -0.1) is 11.6 Å². The van der Waals surface area contributed by atoms with Crippen molar-refractivity contribution in [2.45, 2.75) is 30.6 Å². The molecule has 1 saturated heterocycles. The minimum atomic E-state index is -0.268. The Morgan fingerprint density at radius 3 is 2.91 bits per heavy atom. The molecule has 0 unspecified atom stereocenters. The maximum absolute atomic E-state index is 8.81. The Labute approximate surface area is 71.2 Å². The third-order valence-corrected chi connectivity index (χ3v) is 2.35. The van der Waals surface area contributed by atoms with Crippen LogP contribution in [0.25, 0.3) is 0 Å². The third kappa shape index (κ3) is 2.30. The van der Waals surface area contributed by atoms with Crippen molar-refractivity contribution in [3.8, 4) is 0 Å². The summed E-state index contributed by atoms with van der Waals surface area (Å²) in [6, 6.07) is 0. The molecular formula is C7H13ClO3. The molecule has 0 spiro atoms. The van der Waals surface area contributed by atoms with Crippen LogP contribution in [0.1, 0.15) is 12.8 Å². The molecular weight excluding hydrogens is 168 g/mol. The number of rotatable bonds is 2. The van der Waals surface area contributed by atoms with Crippen molar-refractivity contribution in [3.05, 3.63) is 0 Å². The smallest absolute Gasteiger partial charge is 0.157 e.